The zero-order valence-corrected chi connectivity index (χ0v) is 13.3. The number of fused-ring (bicyclic) bond motifs is 1. The van der Waals surface area contributed by atoms with Gasteiger partial charge in [0.2, 0.25) is 0 Å². The summed E-state index contributed by atoms with van der Waals surface area (Å²) in [5.41, 5.74) is 0.963. The van der Waals surface area contributed by atoms with E-state index in [0.29, 0.717) is 35.3 Å². The third kappa shape index (κ3) is 2.72. The second-order valence-electron chi connectivity index (χ2n) is 5.37. The SMILES string of the molecule is COc1ccc(-n2c(=O)c(CCCO)c(O)c3cccnc32)cc1. The van der Waals surface area contributed by atoms with Crippen LogP contribution in [-0.2, 0) is 6.42 Å². The van der Waals surface area contributed by atoms with Gasteiger partial charge in [0.25, 0.3) is 5.56 Å². The normalized spacial score (nSPS) is 10.9. The lowest BCUT2D eigenvalue weighted by molar-refractivity contribution is 0.288. The fourth-order valence-corrected chi connectivity index (χ4v) is 2.71. The molecule has 0 amide bonds. The van der Waals surface area contributed by atoms with Crippen LogP contribution in [0, 0.1) is 0 Å². The van der Waals surface area contributed by atoms with E-state index in [4.69, 9.17) is 9.84 Å². The molecule has 0 aliphatic heterocycles. The van der Waals surface area contributed by atoms with Crippen molar-refractivity contribution in [2.45, 2.75) is 12.8 Å². The van der Waals surface area contributed by atoms with Crippen LogP contribution >= 0.6 is 0 Å². The Bertz CT molecular complexity index is 917. The minimum absolute atomic E-state index is 0.0491. The number of methoxy groups -OCH3 is 1. The predicted molar refractivity (Wildman–Crippen MR) is 91.0 cm³/mol. The number of hydrogen-bond acceptors (Lipinski definition) is 5. The van der Waals surface area contributed by atoms with Gasteiger partial charge in [-0.3, -0.25) is 9.36 Å². The van der Waals surface area contributed by atoms with Crippen LogP contribution in [0.1, 0.15) is 12.0 Å². The second-order valence-corrected chi connectivity index (χ2v) is 5.37. The zero-order valence-electron chi connectivity index (χ0n) is 13.3. The quantitative estimate of drug-likeness (QED) is 0.749. The van der Waals surface area contributed by atoms with Crippen LogP contribution in [0.3, 0.4) is 0 Å². The first-order valence-electron chi connectivity index (χ1n) is 7.64. The molecule has 0 radical (unpaired) electrons. The Morgan fingerprint density at radius 2 is 1.96 bits per heavy atom. The standard InChI is InChI=1S/C18H18N2O4/c1-24-13-8-6-12(7-9-13)20-17-14(4-2-10-19-17)16(22)15(18(20)23)5-3-11-21/h2,4,6-10,21-22H,3,5,11H2,1H3. The first kappa shape index (κ1) is 16.0. The van der Waals surface area contributed by atoms with E-state index < -0.39 is 0 Å². The van der Waals surface area contributed by atoms with Crippen molar-refractivity contribution in [3.8, 4) is 17.2 Å². The van der Waals surface area contributed by atoms with E-state index >= 15 is 0 Å². The predicted octanol–water partition coefficient (Wildman–Crippen LogP) is 2.02. The van der Waals surface area contributed by atoms with Crippen molar-refractivity contribution >= 4 is 11.0 Å². The summed E-state index contributed by atoms with van der Waals surface area (Å²) in [6.45, 7) is -0.0491. The van der Waals surface area contributed by atoms with E-state index in [2.05, 4.69) is 4.98 Å². The summed E-state index contributed by atoms with van der Waals surface area (Å²) in [4.78, 5) is 17.2. The van der Waals surface area contributed by atoms with Crippen LogP contribution in [-0.4, -0.2) is 33.5 Å². The Morgan fingerprint density at radius 1 is 1.21 bits per heavy atom. The average Bonchev–Trinajstić information content (AvgIpc) is 2.62. The summed E-state index contributed by atoms with van der Waals surface area (Å²) in [5.74, 6) is 0.615. The van der Waals surface area contributed by atoms with Gasteiger partial charge in [-0.05, 0) is 49.2 Å². The van der Waals surface area contributed by atoms with Gasteiger partial charge in [-0.1, -0.05) is 0 Å². The molecule has 1 aromatic carbocycles. The number of aliphatic hydroxyl groups is 1. The molecule has 6 heteroatoms. The zero-order chi connectivity index (χ0) is 17.1. The molecular weight excluding hydrogens is 308 g/mol. The number of rotatable bonds is 5. The van der Waals surface area contributed by atoms with Crippen LogP contribution in [0.15, 0.2) is 47.4 Å². The van der Waals surface area contributed by atoms with Gasteiger partial charge in [-0.25, -0.2) is 4.98 Å². The third-order valence-electron chi connectivity index (χ3n) is 3.92. The van der Waals surface area contributed by atoms with Crippen molar-refractivity contribution in [2.24, 2.45) is 0 Å². The van der Waals surface area contributed by atoms with Gasteiger partial charge in [-0.2, -0.15) is 0 Å². The minimum atomic E-state index is -0.336. The van der Waals surface area contributed by atoms with Gasteiger partial charge in [0.1, 0.15) is 11.5 Å². The molecule has 2 heterocycles. The molecule has 6 nitrogen and oxygen atoms in total. The van der Waals surface area contributed by atoms with Crippen molar-refractivity contribution in [1.82, 2.24) is 9.55 Å². The summed E-state index contributed by atoms with van der Waals surface area (Å²) in [7, 11) is 1.58. The fraction of sp³-hybridized carbons (Fsp3) is 0.222. The van der Waals surface area contributed by atoms with E-state index in [1.54, 1.807) is 49.7 Å². The Labute approximate surface area is 138 Å². The van der Waals surface area contributed by atoms with Crippen LogP contribution in [0.25, 0.3) is 16.7 Å². The lowest BCUT2D eigenvalue weighted by Gasteiger charge is -2.14. The van der Waals surface area contributed by atoms with E-state index in [1.165, 1.54) is 4.57 Å². The highest BCUT2D eigenvalue weighted by Gasteiger charge is 2.17. The summed E-state index contributed by atoms with van der Waals surface area (Å²) < 4.78 is 6.62. The van der Waals surface area contributed by atoms with Crippen molar-refractivity contribution < 1.29 is 14.9 Å². The van der Waals surface area contributed by atoms with Crippen molar-refractivity contribution in [1.29, 1.82) is 0 Å². The summed E-state index contributed by atoms with van der Waals surface area (Å²) in [6, 6.07) is 10.5. The molecule has 0 aliphatic carbocycles. The number of nitrogens with zero attached hydrogens (tertiary/aromatic N) is 2. The molecule has 24 heavy (non-hydrogen) atoms. The van der Waals surface area contributed by atoms with E-state index in [-0.39, 0.29) is 23.5 Å². The van der Waals surface area contributed by atoms with Gasteiger partial charge in [-0.15, -0.1) is 0 Å². The Morgan fingerprint density at radius 3 is 2.62 bits per heavy atom. The fourth-order valence-electron chi connectivity index (χ4n) is 2.71. The summed E-state index contributed by atoms with van der Waals surface area (Å²) in [5, 5.41) is 20.0. The summed E-state index contributed by atoms with van der Waals surface area (Å²) in [6.07, 6.45) is 2.27. The molecule has 0 saturated carbocycles. The number of pyridine rings is 2. The highest BCUT2D eigenvalue weighted by atomic mass is 16.5. The Kier molecular flexibility index (Phi) is 4.48. The number of aromatic nitrogens is 2. The van der Waals surface area contributed by atoms with Crippen LogP contribution in [0.5, 0.6) is 11.5 Å². The largest absolute Gasteiger partial charge is 0.507 e. The number of hydrogen-bond donors (Lipinski definition) is 2. The van der Waals surface area contributed by atoms with E-state index in [0.717, 1.165) is 0 Å². The molecule has 0 unspecified atom stereocenters. The molecule has 2 aromatic heterocycles. The van der Waals surface area contributed by atoms with Gasteiger partial charge in [0.15, 0.2) is 5.65 Å². The molecule has 0 atom stereocenters. The molecule has 124 valence electrons. The van der Waals surface area contributed by atoms with Crippen molar-refractivity contribution in [2.75, 3.05) is 13.7 Å². The molecule has 3 rings (SSSR count). The van der Waals surface area contributed by atoms with Crippen LogP contribution in [0.2, 0.25) is 0 Å². The highest BCUT2D eigenvalue weighted by Crippen LogP contribution is 2.27. The summed E-state index contributed by atoms with van der Waals surface area (Å²) >= 11 is 0. The average molecular weight is 326 g/mol. The van der Waals surface area contributed by atoms with Gasteiger partial charge in [0, 0.05) is 12.8 Å². The lowest BCUT2D eigenvalue weighted by Crippen LogP contribution is -2.24. The van der Waals surface area contributed by atoms with Crippen LogP contribution in [0.4, 0.5) is 0 Å². The topological polar surface area (TPSA) is 84.6 Å². The van der Waals surface area contributed by atoms with Crippen molar-refractivity contribution in [3.63, 3.8) is 0 Å². The number of aromatic hydroxyl groups is 1. The highest BCUT2D eigenvalue weighted by molar-refractivity contribution is 5.84. The monoisotopic (exact) mass is 326 g/mol. The first-order chi connectivity index (χ1) is 11.7. The maximum atomic E-state index is 12.9. The lowest BCUT2D eigenvalue weighted by atomic mass is 10.1. The van der Waals surface area contributed by atoms with Gasteiger partial charge in [0.05, 0.1) is 23.7 Å². The maximum Gasteiger partial charge on any atom is 0.263 e. The van der Waals surface area contributed by atoms with Gasteiger partial charge >= 0.3 is 0 Å². The number of benzene rings is 1. The maximum absolute atomic E-state index is 12.9. The molecule has 0 fully saturated rings. The van der Waals surface area contributed by atoms with Gasteiger partial charge < -0.3 is 14.9 Å². The molecule has 2 N–H and O–H groups in total. The first-order valence-corrected chi connectivity index (χ1v) is 7.64. The Hall–Kier alpha value is -2.86. The number of aliphatic hydroxyl groups excluding tert-OH is 1. The number of ether oxygens (including phenoxy) is 1. The third-order valence-corrected chi connectivity index (χ3v) is 3.92. The van der Waals surface area contributed by atoms with E-state index in [1.807, 2.05) is 0 Å². The molecule has 0 spiro atoms. The molecule has 0 saturated heterocycles. The van der Waals surface area contributed by atoms with Crippen LogP contribution < -0.4 is 10.3 Å². The smallest absolute Gasteiger partial charge is 0.263 e. The molecule has 0 bridgehead atoms. The minimum Gasteiger partial charge on any atom is -0.507 e. The van der Waals surface area contributed by atoms with E-state index in [9.17, 15) is 9.90 Å². The van der Waals surface area contributed by atoms with Crippen molar-refractivity contribution in [3.05, 3.63) is 58.5 Å². The molecule has 0 aliphatic rings. The second kappa shape index (κ2) is 6.72. The molecule has 3 aromatic rings. The Balaban J connectivity index is 2.30. The molecular formula is C18H18N2O4.